The summed E-state index contributed by atoms with van der Waals surface area (Å²) >= 11 is 2.14. The predicted molar refractivity (Wildman–Crippen MR) is 173 cm³/mol. The zero-order valence-electron chi connectivity index (χ0n) is 24.3. The molecule has 5 N–H and O–H groups in total. The van der Waals surface area contributed by atoms with Gasteiger partial charge in [0.2, 0.25) is 0 Å². The van der Waals surface area contributed by atoms with Gasteiger partial charge in [0.1, 0.15) is 26.0 Å². The highest BCUT2D eigenvalue weighted by atomic mass is 127. The first kappa shape index (κ1) is 32.4. The van der Waals surface area contributed by atoms with Gasteiger partial charge in [0.25, 0.3) is 17.6 Å². The molecule has 0 aliphatic heterocycles. The van der Waals surface area contributed by atoms with Crippen LogP contribution >= 0.6 is 29.7 Å². The van der Waals surface area contributed by atoms with Gasteiger partial charge in [0.15, 0.2) is 29.2 Å². The number of aliphatic hydroxyl groups is 1. The molecule has 0 aliphatic carbocycles. The van der Waals surface area contributed by atoms with Crippen LogP contribution in [0.4, 0.5) is 5.82 Å². The van der Waals surface area contributed by atoms with Crippen molar-refractivity contribution in [1.29, 1.82) is 0 Å². The van der Waals surface area contributed by atoms with Gasteiger partial charge in [0.05, 0.1) is 25.0 Å². The van der Waals surface area contributed by atoms with E-state index in [4.69, 9.17) is 10.5 Å². The molecule has 2 aromatic carbocycles. The maximum Gasteiger partial charge on any atom is 0.277 e. The maximum atomic E-state index is 13.0. The van der Waals surface area contributed by atoms with Gasteiger partial charge in [-0.2, -0.15) is 0 Å². The molecule has 0 radical (unpaired) electrons. The van der Waals surface area contributed by atoms with Crippen molar-refractivity contribution in [2.45, 2.75) is 37.5 Å². The molecule has 0 bridgehead atoms. The number of aliphatic hydroxyl groups excluding tert-OH is 1. The number of alkyl halides is 1. The number of carbonyl (C=O) groups excluding carboxylic acids is 2. The van der Waals surface area contributed by atoms with Crippen LogP contribution in [0.5, 0.6) is 5.75 Å². The summed E-state index contributed by atoms with van der Waals surface area (Å²) in [5, 5.41) is 16.4. The highest BCUT2D eigenvalue weighted by Crippen LogP contribution is 2.34. The van der Waals surface area contributed by atoms with E-state index in [9.17, 15) is 19.3 Å². The van der Waals surface area contributed by atoms with Crippen LogP contribution in [0.25, 0.3) is 11.0 Å². The number of benzene rings is 2. The lowest BCUT2D eigenvalue weighted by Crippen LogP contribution is -2.40. The summed E-state index contributed by atoms with van der Waals surface area (Å²) in [6, 6.07) is 12.8. The van der Waals surface area contributed by atoms with Gasteiger partial charge in [-0.05, 0) is 37.9 Å². The first-order valence-corrected chi connectivity index (χ1v) is 17.8. The molecule has 12 nitrogen and oxygen atoms in total. The molecule has 2 aromatic heterocycles. The quantitative estimate of drug-likeness (QED) is 0.0707. The first-order valence-electron chi connectivity index (χ1n) is 13.7. The number of amides is 2. The third-order valence-electron chi connectivity index (χ3n) is 6.82. The van der Waals surface area contributed by atoms with Gasteiger partial charge >= 0.3 is 0 Å². The smallest absolute Gasteiger partial charge is 0.277 e. The predicted octanol–water partition coefficient (Wildman–Crippen LogP) is 2.12. The number of nitrogens with two attached hydrogens (primary N) is 1. The summed E-state index contributed by atoms with van der Waals surface area (Å²) in [6.45, 7) is 6.52. The third-order valence-corrected chi connectivity index (χ3v) is 9.14. The largest absolute Gasteiger partial charge is 0.484 e. The Bertz CT molecular complexity index is 1670. The van der Waals surface area contributed by atoms with E-state index < -0.39 is 13.0 Å². The molecule has 0 fully saturated rings. The van der Waals surface area contributed by atoms with Gasteiger partial charge in [-0.1, -0.05) is 46.9 Å². The Morgan fingerprint density at radius 1 is 1.14 bits per heavy atom. The van der Waals surface area contributed by atoms with Crippen LogP contribution in [0, 0.1) is 0 Å². The van der Waals surface area contributed by atoms with Crippen molar-refractivity contribution in [2.75, 3.05) is 32.3 Å². The molecule has 4 aromatic rings. The van der Waals surface area contributed by atoms with E-state index in [1.54, 1.807) is 25.6 Å². The van der Waals surface area contributed by atoms with E-state index in [-0.39, 0.29) is 43.7 Å². The average molecular weight is 721 g/mol. The topological polar surface area (TPSA) is 165 Å². The Hall–Kier alpha value is -3.55. The van der Waals surface area contributed by atoms with Crippen molar-refractivity contribution in [1.82, 2.24) is 25.2 Å². The molecule has 43 heavy (non-hydrogen) atoms. The highest BCUT2D eigenvalue weighted by Gasteiger charge is 2.26. The molecule has 0 unspecified atom stereocenters. The lowest BCUT2D eigenvalue weighted by molar-refractivity contribution is -0.676. The van der Waals surface area contributed by atoms with Gasteiger partial charge in [0, 0.05) is 22.3 Å². The molecular weight excluding hydrogens is 684 g/mol. The number of halogens is 1. The molecular formula is C29H36IN7O5P+. The SMILES string of the molecule is CC[n+]1c(CNC(=O)c2nc(CI)cnc2N)n(CCO)c2cc(OCC(=O)NCc3ccc(P(C)(C)=O)cc3)ccc21. The first-order chi connectivity index (χ1) is 20.5. The fourth-order valence-corrected chi connectivity index (χ4v) is 5.87. The van der Waals surface area contributed by atoms with Crippen LogP contribution in [0.15, 0.2) is 48.7 Å². The maximum absolute atomic E-state index is 13.0. The Labute approximate surface area is 263 Å². The number of ether oxygens (including phenoxy) is 1. The molecule has 0 saturated heterocycles. The number of anilines is 1. The lowest BCUT2D eigenvalue weighted by Gasteiger charge is -2.10. The van der Waals surface area contributed by atoms with E-state index in [2.05, 4.69) is 43.2 Å². The molecule has 0 spiro atoms. The number of hydrogen-bond acceptors (Lipinski definition) is 8. The number of nitrogens with one attached hydrogen (secondary N) is 2. The highest BCUT2D eigenvalue weighted by molar-refractivity contribution is 14.1. The minimum atomic E-state index is -2.33. The number of carbonyl (C=O) groups is 2. The molecule has 0 aliphatic rings. The molecule has 4 rings (SSSR count). The molecule has 14 heteroatoms. The number of hydrogen-bond donors (Lipinski definition) is 4. The number of imidazole rings is 1. The number of fused-ring (bicyclic) bond motifs is 1. The van der Waals surface area contributed by atoms with Gasteiger partial charge in [-0.3, -0.25) is 9.59 Å². The fourth-order valence-electron chi connectivity index (χ4n) is 4.64. The van der Waals surface area contributed by atoms with Crippen molar-refractivity contribution in [2.24, 2.45) is 0 Å². The van der Waals surface area contributed by atoms with Crippen molar-refractivity contribution in [3.63, 3.8) is 0 Å². The zero-order chi connectivity index (χ0) is 31.1. The van der Waals surface area contributed by atoms with Crippen LogP contribution in [-0.2, 0) is 40.0 Å². The minimum Gasteiger partial charge on any atom is -0.484 e. The van der Waals surface area contributed by atoms with Crippen molar-refractivity contribution in [3.05, 3.63) is 71.4 Å². The summed E-state index contributed by atoms with van der Waals surface area (Å²) in [5.74, 6) is 0.579. The van der Waals surface area contributed by atoms with Crippen LogP contribution in [0.3, 0.4) is 0 Å². The Morgan fingerprint density at radius 3 is 2.53 bits per heavy atom. The van der Waals surface area contributed by atoms with Crippen LogP contribution < -0.4 is 31.0 Å². The van der Waals surface area contributed by atoms with E-state index in [1.165, 1.54) is 0 Å². The Kier molecular flexibility index (Phi) is 10.7. The minimum absolute atomic E-state index is 0.0543. The number of rotatable bonds is 13. The molecule has 2 amide bonds. The van der Waals surface area contributed by atoms with Gasteiger partial charge < -0.3 is 30.8 Å². The zero-order valence-corrected chi connectivity index (χ0v) is 27.4. The van der Waals surface area contributed by atoms with Crippen molar-refractivity contribution >= 4 is 63.7 Å². The number of aromatic nitrogens is 4. The van der Waals surface area contributed by atoms with E-state index in [1.807, 2.05) is 52.5 Å². The number of nitrogen functional groups attached to an aromatic ring is 1. The van der Waals surface area contributed by atoms with E-state index in [0.717, 1.165) is 27.7 Å². The summed E-state index contributed by atoms with van der Waals surface area (Å²) < 4.78 is 22.6. The van der Waals surface area contributed by atoms with Crippen LogP contribution in [0.1, 0.15) is 34.5 Å². The fraction of sp³-hybridized carbons (Fsp3) is 0.345. The van der Waals surface area contributed by atoms with Crippen LogP contribution in [0.2, 0.25) is 0 Å². The third kappa shape index (κ3) is 7.89. The summed E-state index contributed by atoms with van der Waals surface area (Å²) in [5.41, 5.74) is 9.20. The second kappa shape index (κ2) is 14.3. The lowest BCUT2D eigenvalue weighted by atomic mass is 10.2. The molecule has 0 saturated carbocycles. The van der Waals surface area contributed by atoms with Crippen molar-refractivity contribution in [3.8, 4) is 5.75 Å². The summed E-state index contributed by atoms with van der Waals surface area (Å²) in [4.78, 5) is 33.8. The average Bonchev–Trinajstić information content (AvgIpc) is 3.29. The van der Waals surface area contributed by atoms with Gasteiger partial charge in [-0.15, -0.1) is 0 Å². The number of nitrogens with zero attached hydrogens (tertiary/aromatic N) is 4. The molecule has 2 heterocycles. The summed E-state index contributed by atoms with van der Waals surface area (Å²) in [6.07, 6.45) is 1.54. The van der Waals surface area contributed by atoms with Crippen LogP contribution in [-0.4, -0.2) is 58.0 Å². The Morgan fingerprint density at radius 2 is 1.88 bits per heavy atom. The molecule has 228 valence electrons. The molecule has 0 atom stereocenters. The van der Waals surface area contributed by atoms with Crippen molar-refractivity contribution < 1.29 is 28.6 Å². The second-order valence-corrected chi connectivity index (χ2v) is 14.2. The van der Waals surface area contributed by atoms with Gasteiger partial charge in [-0.25, -0.2) is 19.1 Å². The standard InChI is InChI=1S/C29H35IN7O5P/c1-4-36-23-10-7-21(42-18-25(39)32-15-19-5-8-22(9-6-19)43(2,3)41)13-24(23)37(11-12-38)26(36)17-34-29(40)27-28(31)33-16-20(14-30)35-27/h5-10,13,16,38H,4,11-12,14-15,17-18H2,1-3H3,(H3-,31,32,33,34,39,40)/p+1. The van der Waals surface area contributed by atoms with E-state index in [0.29, 0.717) is 29.0 Å². The summed E-state index contributed by atoms with van der Waals surface area (Å²) in [7, 11) is -2.33. The Balaban J connectivity index is 1.46. The number of aryl methyl sites for hydroxylation is 1. The monoisotopic (exact) mass is 720 g/mol. The second-order valence-electron chi connectivity index (χ2n) is 10.2. The van der Waals surface area contributed by atoms with E-state index >= 15 is 0 Å². The normalized spacial score (nSPS) is 11.5.